The maximum Gasteiger partial charge on any atom is 0.336 e. The van der Waals surface area contributed by atoms with Crippen LogP contribution in [0.2, 0.25) is 0 Å². The Balaban J connectivity index is 1.75. The molecule has 0 amide bonds. The van der Waals surface area contributed by atoms with Crippen molar-refractivity contribution in [1.82, 2.24) is 4.90 Å². The lowest BCUT2D eigenvalue weighted by Crippen LogP contribution is -2.36. The summed E-state index contributed by atoms with van der Waals surface area (Å²) < 4.78 is 10.5. The van der Waals surface area contributed by atoms with Crippen molar-refractivity contribution in [1.29, 1.82) is 0 Å². The number of fused-ring (bicyclic) bond motifs is 1. The number of likely N-dealkylation sites (tertiary alicyclic amines) is 1. The van der Waals surface area contributed by atoms with Crippen molar-refractivity contribution in [3.63, 3.8) is 0 Å². The highest BCUT2D eigenvalue weighted by atomic mass is 16.5. The minimum atomic E-state index is -0.312. The number of ether oxygens (including phenoxy) is 1. The molecule has 0 radical (unpaired) electrons. The second kappa shape index (κ2) is 7.83. The third kappa shape index (κ3) is 4.10. The lowest BCUT2D eigenvalue weighted by Gasteiger charge is -2.30. The van der Waals surface area contributed by atoms with Gasteiger partial charge in [-0.3, -0.25) is 9.69 Å². The van der Waals surface area contributed by atoms with E-state index in [4.69, 9.17) is 9.15 Å². The topological polar surface area (TPSA) is 59.8 Å². The summed E-state index contributed by atoms with van der Waals surface area (Å²) in [7, 11) is 0. The smallest absolute Gasteiger partial charge is 0.336 e. The van der Waals surface area contributed by atoms with Crippen LogP contribution in [0.15, 0.2) is 33.5 Å². The number of carbonyl (C=O) groups is 1. The van der Waals surface area contributed by atoms with Gasteiger partial charge in [-0.1, -0.05) is 13.0 Å². The molecule has 5 nitrogen and oxygen atoms in total. The first-order valence-electron chi connectivity index (χ1n) is 9.05. The molecule has 2 heterocycles. The van der Waals surface area contributed by atoms with E-state index >= 15 is 0 Å². The summed E-state index contributed by atoms with van der Waals surface area (Å²) in [6.45, 7) is 6.75. The molecule has 134 valence electrons. The third-order valence-corrected chi connectivity index (χ3v) is 4.90. The van der Waals surface area contributed by atoms with Gasteiger partial charge < -0.3 is 9.15 Å². The maximum atomic E-state index is 11.9. The Morgan fingerprint density at radius 1 is 1.24 bits per heavy atom. The summed E-state index contributed by atoms with van der Waals surface area (Å²) in [5.41, 5.74) is 2.55. The zero-order valence-electron chi connectivity index (χ0n) is 14.9. The van der Waals surface area contributed by atoms with E-state index in [1.54, 1.807) is 6.07 Å². The molecule has 0 atom stereocenters. The zero-order valence-corrected chi connectivity index (χ0v) is 14.9. The molecule has 0 saturated carbocycles. The molecule has 5 heteroatoms. The van der Waals surface area contributed by atoms with Crippen molar-refractivity contribution in [2.24, 2.45) is 5.92 Å². The van der Waals surface area contributed by atoms with E-state index in [1.807, 2.05) is 19.1 Å². The SMILES string of the molecule is CCOC(=O)C1CCN(Cc2cc(=O)oc3ccc(CC)cc23)CC1. The van der Waals surface area contributed by atoms with E-state index in [1.165, 1.54) is 5.56 Å². The molecule has 1 aromatic carbocycles. The van der Waals surface area contributed by atoms with Crippen LogP contribution < -0.4 is 5.63 Å². The highest BCUT2D eigenvalue weighted by Gasteiger charge is 2.26. The van der Waals surface area contributed by atoms with Crippen LogP contribution in [0.25, 0.3) is 11.0 Å². The molecule has 0 N–H and O–H groups in total. The molecule has 1 fully saturated rings. The summed E-state index contributed by atoms with van der Waals surface area (Å²) in [5, 5.41) is 1.01. The highest BCUT2D eigenvalue weighted by Crippen LogP contribution is 2.24. The van der Waals surface area contributed by atoms with Gasteiger partial charge in [0.05, 0.1) is 12.5 Å². The monoisotopic (exact) mass is 343 g/mol. The number of rotatable bonds is 5. The second-order valence-electron chi connectivity index (χ2n) is 6.58. The minimum absolute atomic E-state index is 0.000445. The molecular formula is C20H25NO4. The van der Waals surface area contributed by atoms with Gasteiger partial charge in [-0.2, -0.15) is 0 Å². The van der Waals surface area contributed by atoms with Crippen LogP contribution in [-0.4, -0.2) is 30.6 Å². The Kier molecular flexibility index (Phi) is 5.53. The molecule has 1 saturated heterocycles. The summed E-state index contributed by atoms with van der Waals surface area (Å²) in [5.74, 6) is -0.0824. The quantitative estimate of drug-likeness (QED) is 0.617. The second-order valence-corrected chi connectivity index (χ2v) is 6.58. The fourth-order valence-electron chi connectivity index (χ4n) is 3.45. The Bertz CT molecular complexity index is 803. The average molecular weight is 343 g/mol. The number of hydrogen-bond acceptors (Lipinski definition) is 5. The molecule has 2 aromatic rings. The number of benzene rings is 1. The van der Waals surface area contributed by atoms with Gasteiger partial charge in [0.25, 0.3) is 0 Å². The third-order valence-electron chi connectivity index (χ3n) is 4.90. The molecule has 0 aliphatic carbocycles. The van der Waals surface area contributed by atoms with Crippen molar-refractivity contribution in [3.8, 4) is 0 Å². The number of nitrogens with zero attached hydrogens (tertiary/aromatic N) is 1. The van der Waals surface area contributed by atoms with Gasteiger partial charge in [0.2, 0.25) is 0 Å². The van der Waals surface area contributed by atoms with Crippen LogP contribution in [0.4, 0.5) is 0 Å². The van der Waals surface area contributed by atoms with E-state index < -0.39 is 0 Å². The predicted octanol–water partition coefficient (Wildman–Crippen LogP) is 3.13. The van der Waals surface area contributed by atoms with Gasteiger partial charge in [0.1, 0.15) is 5.58 Å². The molecule has 0 bridgehead atoms. The Labute approximate surface area is 147 Å². The van der Waals surface area contributed by atoms with Crippen LogP contribution in [0, 0.1) is 5.92 Å². The molecule has 1 aliphatic rings. The first-order chi connectivity index (χ1) is 12.1. The van der Waals surface area contributed by atoms with Gasteiger partial charge in [0, 0.05) is 18.0 Å². The summed E-state index contributed by atoms with van der Waals surface area (Å²) in [6, 6.07) is 7.59. The van der Waals surface area contributed by atoms with Crippen molar-refractivity contribution in [2.75, 3.05) is 19.7 Å². The lowest BCUT2D eigenvalue weighted by molar-refractivity contribution is -0.149. The van der Waals surface area contributed by atoms with Gasteiger partial charge in [-0.25, -0.2) is 4.79 Å². The molecule has 0 unspecified atom stereocenters. The van der Waals surface area contributed by atoms with Crippen molar-refractivity contribution in [2.45, 2.75) is 39.7 Å². The normalized spacial score (nSPS) is 16.2. The van der Waals surface area contributed by atoms with E-state index in [9.17, 15) is 9.59 Å². The Morgan fingerprint density at radius 3 is 2.68 bits per heavy atom. The summed E-state index contributed by atoms with van der Waals surface area (Å²) >= 11 is 0. The fraction of sp³-hybridized carbons (Fsp3) is 0.500. The van der Waals surface area contributed by atoms with Crippen LogP contribution in [0.5, 0.6) is 0 Å². The van der Waals surface area contributed by atoms with E-state index in [0.29, 0.717) is 18.7 Å². The lowest BCUT2D eigenvalue weighted by atomic mass is 9.96. The maximum absolute atomic E-state index is 11.9. The number of aryl methyl sites for hydroxylation is 1. The molecule has 1 aliphatic heterocycles. The number of carbonyl (C=O) groups excluding carboxylic acids is 1. The Hall–Kier alpha value is -2.14. The van der Waals surface area contributed by atoms with Crippen molar-refractivity contribution < 1.29 is 13.9 Å². The number of hydrogen-bond donors (Lipinski definition) is 0. The summed E-state index contributed by atoms with van der Waals surface area (Å²) in [6.07, 6.45) is 2.55. The van der Waals surface area contributed by atoms with Gasteiger partial charge in [-0.05, 0) is 62.5 Å². The predicted molar refractivity (Wildman–Crippen MR) is 96.5 cm³/mol. The number of piperidine rings is 1. The van der Waals surface area contributed by atoms with Gasteiger partial charge >= 0.3 is 11.6 Å². The standard InChI is InChI=1S/C20H25NO4/c1-3-14-5-6-18-17(11-14)16(12-19(22)25-18)13-21-9-7-15(8-10-21)20(23)24-4-2/h5-6,11-12,15H,3-4,7-10,13H2,1-2H3. The van der Waals surface area contributed by atoms with Crippen molar-refractivity contribution >= 4 is 16.9 Å². The highest BCUT2D eigenvalue weighted by molar-refractivity contribution is 5.81. The Morgan fingerprint density at radius 2 is 2.00 bits per heavy atom. The molecule has 1 aromatic heterocycles. The first kappa shape index (κ1) is 17.7. The first-order valence-corrected chi connectivity index (χ1v) is 9.05. The molecule has 0 spiro atoms. The summed E-state index contributed by atoms with van der Waals surface area (Å²) in [4.78, 5) is 26.0. The van der Waals surface area contributed by atoms with Crippen LogP contribution in [0.1, 0.15) is 37.8 Å². The average Bonchev–Trinajstić information content (AvgIpc) is 2.62. The van der Waals surface area contributed by atoms with Crippen LogP contribution in [-0.2, 0) is 22.5 Å². The van der Waals surface area contributed by atoms with Crippen molar-refractivity contribution in [3.05, 3.63) is 45.8 Å². The van der Waals surface area contributed by atoms with E-state index in [2.05, 4.69) is 17.9 Å². The number of esters is 1. The largest absolute Gasteiger partial charge is 0.466 e. The van der Waals surface area contributed by atoms with Gasteiger partial charge in [0.15, 0.2) is 0 Å². The molecule has 25 heavy (non-hydrogen) atoms. The molecular weight excluding hydrogens is 318 g/mol. The van der Waals surface area contributed by atoms with E-state index in [-0.39, 0.29) is 17.5 Å². The molecule has 3 rings (SSSR count). The zero-order chi connectivity index (χ0) is 17.8. The van der Waals surface area contributed by atoms with Gasteiger partial charge in [-0.15, -0.1) is 0 Å². The fourth-order valence-corrected chi connectivity index (χ4v) is 3.45. The van der Waals surface area contributed by atoms with Crippen LogP contribution >= 0.6 is 0 Å². The van der Waals surface area contributed by atoms with E-state index in [0.717, 1.165) is 43.3 Å². The minimum Gasteiger partial charge on any atom is -0.466 e. The van der Waals surface area contributed by atoms with Crippen LogP contribution in [0.3, 0.4) is 0 Å².